The summed E-state index contributed by atoms with van der Waals surface area (Å²) >= 11 is 0. The molecule has 1 aromatic carbocycles. The monoisotopic (exact) mass is 280 g/mol. The first-order valence-electron chi connectivity index (χ1n) is 7.29. The Labute approximate surface area is 122 Å². The van der Waals surface area contributed by atoms with Crippen LogP contribution in [0.1, 0.15) is 43.2 Å². The number of hydrogen-bond acceptors (Lipinski definition) is 2. The molecule has 0 bridgehead atoms. The lowest BCUT2D eigenvalue weighted by Gasteiger charge is -2.35. The number of nitrogens with zero attached hydrogens (tertiary/aromatic N) is 1. The van der Waals surface area contributed by atoms with Crippen LogP contribution in [0, 0.1) is 5.92 Å². The normalized spacial score (nSPS) is 27.9. The fraction of sp³-hybridized carbons (Fsp3) is 0.625. The van der Waals surface area contributed by atoms with Gasteiger partial charge in [-0.05, 0) is 48.8 Å². The van der Waals surface area contributed by atoms with Crippen LogP contribution in [0.25, 0.3) is 0 Å². The van der Waals surface area contributed by atoms with Crippen molar-refractivity contribution in [1.29, 1.82) is 0 Å². The van der Waals surface area contributed by atoms with Crippen molar-refractivity contribution in [3.8, 4) is 0 Å². The molecular formula is C16H25ClN2. The van der Waals surface area contributed by atoms with Crippen LogP contribution in [0.5, 0.6) is 0 Å². The second kappa shape index (κ2) is 6.25. The summed E-state index contributed by atoms with van der Waals surface area (Å²) in [5.74, 6) is 1.49. The predicted octanol–water partition coefficient (Wildman–Crippen LogP) is 3.15. The molecule has 1 aromatic rings. The molecule has 1 heterocycles. The van der Waals surface area contributed by atoms with E-state index >= 15 is 0 Å². The molecule has 1 saturated heterocycles. The Bertz CT molecular complexity index is 417. The zero-order valence-electron chi connectivity index (χ0n) is 11.7. The molecule has 0 amide bonds. The number of piperidine rings is 1. The topological polar surface area (TPSA) is 29.3 Å². The molecule has 2 atom stereocenters. The highest BCUT2D eigenvalue weighted by atomic mass is 35.5. The van der Waals surface area contributed by atoms with Gasteiger partial charge in [-0.15, -0.1) is 12.4 Å². The molecule has 2 N–H and O–H groups in total. The first-order valence-corrected chi connectivity index (χ1v) is 7.29. The summed E-state index contributed by atoms with van der Waals surface area (Å²) in [7, 11) is 0. The van der Waals surface area contributed by atoms with Crippen LogP contribution in [-0.2, 0) is 6.54 Å². The van der Waals surface area contributed by atoms with Crippen molar-refractivity contribution in [2.45, 2.75) is 44.7 Å². The fourth-order valence-electron chi connectivity index (χ4n) is 3.01. The van der Waals surface area contributed by atoms with Crippen LogP contribution in [0.2, 0.25) is 0 Å². The summed E-state index contributed by atoms with van der Waals surface area (Å²) in [6.07, 6.45) is 3.92. The van der Waals surface area contributed by atoms with Crippen molar-refractivity contribution in [3.05, 3.63) is 35.4 Å². The molecule has 2 aliphatic rings. The Morgan fingerprint density at radius 2 is 2.05 bits per heavy atom. The van der Waals surface area contributed by atoms with Gasteiger partial charge in [-0.2, -0.15) is 0 Å². The van der Waals surface area contributed by atoms with Crippen molar-refractivity contribution in [1.82, 2.24) is 4.90 Å². The summed E-state index contributed by atoms with van der Waals surface area (Å²) in [6, 6.07) is 9.60. The first kappa shape index (κ1) is 14.8. The van der Waals surface area contributed by atoms with Gasteiger partial charge in [0.1, 0.15) is 0 Å². The Hall–Kier alpha value is -0.570. The molecular weight excluding hydrogens is 256 g/mol. The average Bonchev–Trinajstić information content (AvgIpc) is 3.18. The van der Waals surface area contributed by atoms with E-state index in [-0.39, 0.29) is 12.4 Å². The summed E-state index contributed by atoms with van der Waals surface area (Å²) in [5.41, 5.74) is 9.10. The van der Waals surface area contributed by atoms with Crippen LogP contribution in [-0.4, -0.2) is 24.0 Å². The van der Waals surface area contributed by atoms with Crippen molar-refractivity contribution >= 4 is 12.4 Å². The zero-order valence-corrected chi connectivity index (χ0v) is 12.5. The van der Waals surface area contributed by atoms with Gasteiger partial charge >= 0.3 is 0 Å². The Kier molecular flexibility index (Phi) is 4.88. The molecule has 1 aliphatic heterocycles. The predicted molar refractivity (Wildman–Crippen MR) is 82.7 cm³/mol. The number of halogens is 1. The maximum atomic E-state index is 6.08. The fourth-order valence-corrected chi connectivity index (χ4v) is 3.01. The van der Waals surface area contributed by atoms with Crippen molar-refractivity contribution in [3.63, 3.8) is 0 Å². The van der Waals surface area contributed by atoms with Crippen molar-refractivity contribution in [2.75, 3.05) is 13.1 Å². The SMILES string of the molecule is CC1CN(Cc2cccc(C3CC3)c2)CCC1N.Cl. The van der Waals surface area contributed by atoms with Crippen LogP contribution in [0.15, 0.2) is 24.3 Å². The highest BCUT2D eigenvalue weighted by Crippen LogP contribution is 2.40. The van der Waals surface area contributed by atoms with Crippen molar-refractivity contribution < 1.29 is 0 Å². The lowest BCUT2D eigenvalue weighted by atomic mass is 9.94. The third-order valence-corrected chi connectivity index (χ3v) is 4.46. The van der Waals surface area contributed by atoms with Crippen LogP contribution < -0.4 is 5.73 Å². The highest BCUT2D eigenvalue weighted by molar-refractivity contribution is 5.85. The molecule has 2 unspecified atom stereocenters. The van der Waals surface area contributed by atoms with E-state index in [0.29, 0.717) is 12.0 Å². The minimum absolute atomic E-state index is 0. The van der Waals surface area contributed by atoms with E-state index in [2.05, 4.69) is 36.1 Å². The zero-order chi connectivity index (χ0) is 12.5. The quantitative estimate of drug-likeness (QED) is 0.922. The van der Waals surface area contributed by atoms with E-state index in [1.807, 2.05) is 0 Å². The smallest absolute Gasteiger partial charge is 0.0233 e. The lowest BCUT2D eigenvalue weighted by Crippen LogP contribution is -2.45. The third-order valence-electron chi connectivity index (χ3n) is 4.46. The number of hydrogen-bond donors (Lipinski definition) is 1. The lowest BCUT2D eigenvalue weighted by molar-refractivity contribution is 0.158. The highest BCUT2D eigenvalue weighted by Gasteiger charge is 2.25. The molecule has 1 saturated carbocycles. The Morgan fingerprint density at radius 1 is 1.26 bits per heavy atom. The van der Waals surface area contributed by atoms with E-state index in [1.54, 1.807) is 5.56 Å². The van der Waals surface area contributed by atoms with Gasteiger partial charge in [0.15, 0.2) is 0 Å². The number of rotatable bonds is 3. The van der Waals surface area contributed by atoms with Crippen LogP contribution in [0.3, 0.4) is 0 Å². The molecule has 106 valence electrons. The largest absolute Gasteiger partial charge is 0.327 e. The minimum atomic E-state index is 0. The Morgan fingerprint density at radius 3 is 2.74 bits per heavy atom. The van der Waals surface area contributed by atoms with Gasteiger partial charge in [-0.25, -0.2) is 0 Å². The van der Waals surface area contributed by atoms with Crippen LogP contribution >= 0.6 is 12.4 Å². The van der Waals surface area contributed by atoms with Crippen LogP contribution in [0.4, 0.5) is 0 Å². The molecule has 19 heavy (non-hydrogen) atoms. The van der Waals surface area contributed by atoms with Gasteiger partial charge in [0, 0.05) is 19.1 Å². The summed E-state index contributed by atoms with van der Waals surface area (Å²) < 4.78 is 0. The summed E-state index contributed by atoms with van der Waals surface area (Å²) in [5, 5.41) is 0. The standard InChI is InChI=1S/C16H24N2.ClH/c1-12-10-18(8-7-16(12)17)11-13-3-2-4-15(9-13)14-5-6-14;/h2-4,9,12,14,16H,5-8,10-11,17H2,1H3;1H. The second-order valence-corrected chi connectivity index (χ2v) is 6.18. The average molecular weight is 281 g/mol. The van der Waals surface area contributed by atoms with E-state index in [0.717, 1.165) is 32.0 Å². The first-order chi connectivity index (χ1) is 8.72. The van der Waals surface area contributed by atoms with Crippen molar-refractivity contribution in [2.24, 2.45) is 11.7 Å². The van der Waals surface area contributed by atoms with Gasteiger partial charge in [-0.3, -0.25) is 4.90 Å². The third kappa shape index (κ3) is 3.71. The van der Waals surface area contributed by atoms with E-state index in [1.165, 1.54) is 18.4 Å². The minimum Gasteiger partial charge on any atom is -0.327 e. The molecule has 2 fully saturated rings. The molecule has 3 rings (SSSR count). The summed E-state index contributed by atoms with van der Waals surface area (Å²) in [4.78, 5) is 2.56. The van der Waals surface area contributed by atoms with E-state index in [4.69, 9.17) is 5.73 Å². The van der Waals surface area contributed by atoms with Gasteiger partial charge < -0.3 is 5.73 Å². The van der Waals surface area contributed by atoms with Gasteiger partial charge in [0.2, 0.25) is 0 Å². The van der Waals surface area contributed by atoms with Gasteiger partial charge in [0.05, 0.1) is 0 Å². The molecule has 1 aliphatic carbocycles. The number of nitrogens with two attached hydrogens (primary N) is 1. The number of likely N-dealkylation sites (tertiary alicyclic amines) is 1. The van der Waals surface area contributed by atoms with Gasteiger partial charge in [0.25, 0.3) is 0 Å². The molecule has 0 radical (unpaired) electrons. The number of benzene rings is 1. The molecule has 2 nitrogen and oxygen atoms in total. The molecule has 0 spiro atoms. The maximum absolute atomic E-state index is 6.08. The molecule has 3 heteroatoms. The maximum Gasteiger partial charge on any atom is 0.0233 e. The second-order valence-electron chi connectivity index (χ2n) is 6.18. The summed E-state index contributed by atoms with van der Waals surface area (Å²) in [6.45, 7) is 5.67. The van der Waals surface area contributed by atoms with E-state index < -0.39 is 0 Å². The Balaban J connectivity index is 0.00000133. The molecule has 0 aromatic heterocycles. The van der Waals surface area contributed by atoms with E-state index in [9.17, 15) is 0 Å². The van der Waals surface area contributed by atoms with Gasteiger partial charge in [-0.1, -0.05) is 31.2 Å².